The maximum absolute atomic E-state index is 12.5. The van der Waals surface area contributed by atoms with Gasteiger partial charge in [-0.1, -0.05) is 12.1 Å². The van der Waals surface area contributed by atoms with Crippen molar-refractivity contribution in [1.29, 1.82) is 0 Å². The summed E-state index contributed by atoms with van der Waals surface area (Å²) < 4.78 is 6.83. The molecular formula is C18H25N5O2. The van der Waals surface area contributed by atoms with Crippen LogP contribution in [0.15, 0.2) is 24.3 Å². The Morgan fingerprint density at radius 1 is 1.32 bits per heavy atom. The van der Waals surface area contributed by atoms with E-state index in [9.17, 15) is 4.79 Å². The van der Waals surface area contributed by atoms with Crippen molar-refractivity contribution in [2.24, 2.45) is 5.41 Å². The zero-order valence-corrected chi connectivity index (χ0v) is 15.0. The van der Waals surface area contributed by atoms with E-state index < -0.39 is 0 Å². The number of nitrogens with zero attached hydrogens (tertiary/aromatic N) is 3. The number of rotatable bonds is 5. The number of piperidine rings is 1. The van der Waals surface area contributed by atoms with Crippen LogP contribution in [0.1, 0.15) is 35.9 Å². The predicted molar refractivity (Wildman–Crippen MR) is 95.2 cm³/mol. The molecular weight excluding hydrogens is 318 g/mol. The third kappa shape index (κ3) is 3.82. The lowest BCUT2D eigenvalue weighted by Gasteiger charge is -2.34. The minimum Gasteiger partial charge on any atom is -0.497 e. The van der Waals surface area contributed by atoms with Gasteiger partial charge in [0.25, 0.3) is 5.91 Å². The number of methoxy groups -OCH3 is 1. The average molecular weight is 343 g/mol. The van der Waals surface area contributed by atoms with Gasteiger partial charge in [-0.05, 0) is 62.5 Å². The molecule has 1 aromatic carbocycles. The van der Waals surface area contributed by atoms with E-state index in [0.717, 1.165) is 43.1 Å². The summed E-state index contributed by atoms with van der Waals surface area (Å²) in [5.74, 6) is 0.603. The molecule has 1 amide bonds. The summed E-state index contributed by atoms with van der Waals surface area (Å²) in [5.41, 5.74) is 2.07. The second-order valence-electron chi connectivity index (χ2n) is 6.88. The molecule has 0 saturated carbocycles. The monoisotopic (exact) mass is 343 g/mol. The van der Waals surface area contributed by atoms with Gasteiger partial charge in [-0.2, -0.15) is 0 Å². The van der Waals surface area contributed by atoms with Crippen molar-refractivity contribution in [3.05, 3.63) is 35.7 Å². The van der Waals surface area contributed by atoms with Crippen molar-refractivity contribution >= 4 is 5.91 Å². The zero-order valence-electron chi connectivity index (χ0n) is 15.0. The van der Waals surface area contributed by atoms with Gasteiger partial charge in [0, 0.05) is 6.54 Å². The number of hydrogen-bond donors (Lipinski definition) is 2. The van der Waals surface area contributed by atoms with Crippen LogP contribution < -0.4 is 15.4 Å². The molecule has 134 valence electrons. The van der Waals surface area contributed by atoms with E-state index >= 15 is 0 Å². The molecule has 1 aliphatic rings. The number of carbonyl (C=O) groups excluding carboxylic acids is 1. The number of carbonyl (C=O) groups is 1. The summed E-state index contributed by atoms with van der Waals surface area (Å²) in [5, 5.41) is 14.6. The molecule has 0 atom stereocenters. The van der Waals surface area contributed by atoms with Crippen molar-refractivity contribution in [3.63, 3.8) is 0 Å². The summed E-state index contributed by atoms with van der Waals surface area (Å²) in [6.45, 7) is 6.72. The summed E-state index contributed by atoms with van der Waals surface area (Å²) >= 11 is 0. The Bertz CT molecular complexity index is 732. The van der Waals surface area contributed by atoms with Crippen LogP contribution in [0.4, 0.5) is 0 Å². The first-order valence-electron chi connectivity index (χ1n) is 8.58. The molecule has 0 bridgehead atoms. The number of nitrogens with one attached hydrogen (secondary N) is 2. The molecule has 7 nitrogen and oxygen atoms in total. The first-order chi connectivity index (χ1) is 12.0. The third-order valence-corrected chi connectivity index (χ3v) is 4.91. The smallest absolute Gasteiger partial charge is 0.273 e. The molecule has 7 heteroatoms. The Morgan fingerprint density at radius 2 is 2.00 bits per heavy atom. The standard InChI is InChI=1S/C18H25N5O2/c1-13-16(17(24)20-12-18(2)8-10-19-11-9-18)21-22-23(13)14-4-6-15(25-3)7-5-14/h4-7,19H,8-12H2,1-3H3,(H,20,24). The summed E-state index contributed by atoms with van der Waals surface area (Å²) in [7, 11) is 1.63. The number of ether oxygens (including phenoxy) is 1. The normalized spacial score (nSPS) is 16.4. The van der Waals surface area contributed by atoms with E-state index in [1.807, 2.05) is 31.2 Å². The van der Waals surface area contributed by atoms with E-state index in [-0.39, 0.29) is 11.3 Å². The molecule has 1 aromatic heterocycles. The van der Waals surface area contributed by atoms with Gasteiger partial charge < -0.3 is 15.4 Å². The molecule has 2 aromatic rings. The molecule has 0 spiro atoms. The van der Waals surface area contributed by atoms with Gasteiger partial charge in [0.15, 0.2) is 5.69 Å². The summed E-state index contributed by atoms with van der Waals surface area (Å²) in [4.78, 5) is 12.5. The van der Waals surface area contributed by atoms with E-state index in [0.29, 0.717) is 12.2 Å². The van der Waals surface area contributed by atoms with Gasteiger partial charge in [0.2, 0.25) is 0 Å². The van der Waals surface area contributed by atoms with Crippen molar-refractivity contribution < 1.29 is 9.53 Å². The lowest BCUT2D eigenvalue weighted by Crippen LogP contribution is -2.43. The van der Waals surface area contributed by atoms with Gasteiger partial charge in [-0.25, -0.2) is 4.68 Å². The van der Waals surface area contributed by atoms with Crippen LogP contribution in [0, 0.1) is 12.3 Å². The largest absolute Gasteiger partial charge is 0.497 e. The van der Waals surface area contributed by atoms with E-state index in [2.05, 4.69) is 27.9 Å². The maximum atomic E-state index is 12.5. The number of aromatic nitrogens is 3. The van der Waals surface area contributed by atoms with E-state index in [4.69, 9.17) is 4.74 Å². The lowest BCUT2D eigenvalue weighted by atomic mass is 9.81. The second-order valence-corrected chi connectivity index (χ2v) is 6.88. The SMILES string of the molecule is COc1ccc(-n2nnc(C(=O)NCC3(C)CCNCC3)c2C)cc1. The van der Waals surface area contributed by atoms with Gasteiger partial charge in [-0.3, -0.25) is 4.79 Å². The Balaban J connectivity index is 1.70. The fraction of sp³-hybridized carbons (Fsp3) is 0.500. The van der Waals surface area contributed by atoms with Gasteiger partial charge in [0.05, 0.1) is 18.5 Å². The third-order valence-electron chi connectivity index (χ3n) is 4.91. The molecule has 1 fully saturated rings. The summed E-state index contributed by atoms with van der Waals surface area (Å²) in [6.07, 6.45) is 2.12. The Hall–Kier alpha value is -2.41. The highest BCUT2D eigenvalue weighted by molar-refractivity contribution is 5.93. The highest BCUT2D eigenvalue weighted by Crippen LogP contribution is 2.26. The molecule has 1 saturated heterocycles. The number of benzene rings is 1. The Kier molecular flexibility index (Phi) is 5.03. The summed E-state index contributed by atoms with van der Waals surface area (Å²) in [6, 6.07) is 7.48. The average Bonchev–Trinajstić information content (AvgIpc) is 3.02. The van der Waals surface area contributed by atoms with E-state index in [1.165, 1.54) is 0 Å². The van der Waals surface area contributed by atoms with Crippen LogP contribution in [0.25, 0.3) is 5.69 Å². The van der Waals surface area contributed by atoms with E-state index in [1.54, 1.807) is 11.8 Å². The molecule has 0 aliphatic carbocycles. The second kappa shape index (κ2) is 7.23. The van der Waals surface area contributed by atoms with Crippen LogP contribution in [0.3, 0.4) is 0 Å². The highest BCUT2D eigenvalue weighted by atomic mass is 16.5. The predicted octanol–water partition coefficient (Wildman–Crippen LogP) is 1.70. The van der Waals surface area contributed by atoms with Crippen molar-refractivity contribution in [2.45, 2.75) is 26.7 Å². The Labute approximate surface area is 147 Å². The van der Waals surface area contributed by atoms with Crippen LogP contribution >= 0.6 is 0 Å². The van der Waals surface area contributed by atoms with Crippen molar-refractivity contribution in [1.82, 2.24) is 25.6 Å². The molecule has 25 heavy (non-hydrogen) atoms. The molecule has 0 radical (unpaired) electrons. The quantitative estimate of drug-likeness (QED) is 0.864. The molecule has 0 unspecified atom stereocenters. The fourth-order valence-corrected chi connectivity index (χ4v) is 3.09. The zero-order chi connectivity index (χ0) is 17.9. The van der Waals surface area contributed by atoms with Gasteiger partial charge in [-0.15, -0.1) is 5.10 Å². The maximum Gasteiger partial charge on any atom is 0.273 e. The number of hydrogen-bond acceptors (Lipinski definition) is 5. The molecule has 2 heterocycles. The van der Waals surface area contributed by atoms with Crippen molar-refractivity contribution in [3.8, 4) is 11.4 Å². The van der Waals surface area contributed by atoms with Crippen LogP contribution in [0.5, 0.6) is 5.75 Å². The first kappa shape index (κ1) is 17.4. The van der Waals surface area contributed by atoms with Gasteiger partial charge in [0.1, 0.15) is 5.75 Å². The molecule has 3 rings (SSSR count). The first-order valence-corrected chi connectivity index (χ1v) is 8.58. The minimum absolute atomic E-state index is 0.140. The molecule has 1 aliphatic heterocycles. The van der Waals surface area contributed by atoms with Crippen molar-refractivity contribution in [2.75, 3.05) is 26.7 Å². The topological polar surface area (TPSA) is 81.1 Å². The van der Waals surface area contributed by atoms with Crippen LogP contribution in [0.2, 0.25) is 0 Å². The lowest BCUT2D eigenvalue weighted by molar-refractivity contribution is 0.0916. The van der Waals surface area contributed by atoms with Crippen LogP contribution in [-0.2, 0) is 0 Å². The van der Waals surface area contributed by atoms with Crippen LogP contribution in [-0.4, -0.2) is 47.6 Å². The fourth-order valence-electron chi connectivity index (χ4n) is 3.09. The minimum atomic E-state index is -0.169. The van der Waals surface area contributed by atoms with Gasteiger partial charge >= 0.3 is 0 Å². The molecule has 2 N–H and O–H groups in total. The number of amides is 1. The highest BCUT2D eigenvalue weighted by Gasteiger charge is 2.28. The Morgan fingerprint density at radius 3 is 2.64 bits per heavy atom.